The van der Waals surface area contributed by atoms with Crippen LogP contribution in [0.4, 0.5) is 0 Å². The third-order valence-electron chi connectivity index (χ3n) is 1.93. The number of halogens is 1. The topological polar surface area (TPSA) is 46.6 Å². The number of alkyl halides is 1. The van der Waals surface area contributed by atoms with Gasteiger partial charge in [-0.25, -0.2) is 8.42 Å². The minimum Gasteiger partial charge on any atom is -0.380 e. The molecule has 0 aromatic rings. The molecule has 1 aliphatic rings. The van der Waals surface area contributed by atoms with Crippen LogP contribution in [0.1, 0.15) is 6.92 Å². The summed E-state index contributed by atoms with van der Waals surface area (Å²) in [6, 6.07) is 0. The van der Waals surface area contributed by atoms with E-state index in [1.54, 1.807) is 0 Å². The predicted octanol–water partition coefficient (Wildman–Crippen LogP) is 0.481. The number of ether oxygens (including phenoxy) is 1. The van der Waals surface area contributed by atoms with E-state index in [9.17, 15) is 8.42 Å². The molecule has 13 heavy (non-hydrogen) atoms. The quantitative estimate of drug-likeness (QED) is 0.645. The summed E-state index contributed by atoms with van der Waals surface area (Å²) in [7, 11) is -3.26. The zero-order valence-electron chi connectivity index (χ0n) is 7.57. The van der Waals surface area contributed by atoms with Crippen molar-refractivity contribution in [1.29, 1.82) is 0 Å². The van der Waals surface area contributed by atoms with Gasteiger partial charge in [0.25, 0.3) is 0 Å². The smallest absolute Gasteiger partial charge is 0.228 e. The molecule has 1 atom stereocenters. The normalized spacial score (nSPS) is 27.1. The molecule has 6 heteroatoms. The van der Waals surface area contributed by atoms with E-state index >= 15 is 0 Å². The summed E-state index contributed by atoms with van der Waals surface area (Å²) in [6.07, 6.45) is 0. The molecule has 1 saturated heterocycles. The fourth-order valence-electron chi connectivity index (χ4n) is 1.26. The van der Waals surface area contributed by atoms with Crippen molar-refractivity contribution in [1.82, 2.24) is 4.31 Å². The van der Waals surface area contributed by atoms with Crippen LogP contribution in [0.25, 0.3) is 0 Å². The molecule has 4 nitrogen and oxygen atoms in total. The first-order valence-corrected chi connectivity index (χ1v) is 6.32. The molecule has 1 fully saturated rings. The number of hydrogen-bond donors (Lipinski definition) is 0. The van der Waals surface area contributed by atoms with Gasteiger partial charge in [-0.2, -0.15) is 4.31 Å². The van der Waals surface area contributed by atoms with Crippen molar-refractivity contribution in [3.05, 3.63) is 0 Å². The highest BCUT2D eigenvalue weighted by atomic mass is 35.5. The molecular weight excluding hydrogens is 214 g/mol. The van der Waals surface area contributed by atoms with Crippen LogP contribution >= 0.6 is 11.6 Å². The Hall–Kier alpha value is 0.160. The Morgan fingerprint density at radius 2 is 2.31 bits per heavy atom. The molecule has 1 unspecified atom stereocenters. The molecule has 0 N–H and O–H groups in total. The maximum absolute atomic E-state index is 11.4. The van der Waals surface area contributed by atoms with Gasteiger partial charge in [-0.05, 0) is 5.92 Å². The third-order valence-corrected chi connectivity index (χ3v) is 4.16. The van der Waals surface area contributed by atoms with Crippen molar-refractivity contribution in [2.45, 2.75) is 6.92 Å². The summed E-state index contributed by atoms with van der Waals surface area (Å²) in [5, 5.41) is -0.347. The van der Waals surface area contributed by atoms with Gasteiger partial charge in [-0.15, -0.1) is 11.6 Å². The maximum Gasteiger partial charge on any atom is 0.228 e. The zero-order chi connectivity index (χ0) is 9.90. The maximum atomic E-state index is 11.4. The second-order valence-corrected chi connectivity index (χ2v) is 5.81. The second kappa shape index (κ2) is 4.59. The van der Waals surface area contributed by atoms with E-state index in [2.05, 4.69) is 0 Å². The number of nitrogens with zero attached hydrogens (tertiary/aromatic N) is 1. The Bertz CT molecular complexity index is 254. The minimum absolute atomic E-state index is 0.237. The zero-order valence-corrected chi connectivity index (χ0v) is 9.14. The molecule has 1 rings (SSSR count). The molecule has 0 aromatic heterocycles. The number of hydrogen-bond acceptors (Lipinski definition) is 3. The Morgan fingerprint density at radius 1 is 1.62 bits per heavy atom. The summed E-state index contributed by atoms with van der Waals surface area (Å²) < 4.78 is 29.4. The molecule has 0 aliphatic carbocycles. The van der Waals surface area contributed by atoms with Gasteiger partial charge < -0.3 is 4.74 Å². The lowest BCUT2D eigenvalue weighted by molar-refractivity contribution is 0.128. The largest absolute Gasteiger partial charge is 0.380 e. The monoisotopic (exact) mass is 227 g/mol. The van der Waals surface area contributed by atoms with Crippen LogP contribution in [-0.2, 0) is 14.8 Å². The summed E-state index contributed by atoms with van der Waals surface area (Å²) >= 11 is 5.36. The van der Waals surface area contributed by atoms with Gasteiger partial charge in [0.15, 0.2) is 0 Å². The first kappa shape index (κ1) is 11.2. The van der Waals surface area contributed by atoms with E-state index in [4.69, 9.17) is 16.3 Å². The van der Waals surface area contributed by atoms with Crippen molar-refractivity contribution in [2.75, 3.05) is 31.5 Å². The first-order chi connectivity index (χ1) is 6.06. The van der Waals surface area contributed by atoms with Gasteiger partial charge in [0.1, 0.15) is 5.21 Å². The van der Waals surface area contributed by atoms with Crippen LogP contribution in [0.3, 0.4) is 0 Å². The van der Waals surface area contributed by atoms with Crippen molar-refractivity contribution in [2.24, 2.45) is 5.92 Å². The number of sulfonamides is 1. The molecule has 0 spiro atoms. The third kappa shape index (κ3) is 3.09. The van der Waals surface area contributed by atoms with Crippen molar-refractivity contribution >= 4 is 21.6 Å². The molecule has 1 heterocycles. The summed E-state index contributed by atoms with van der Waals surface area (Å²) in [4.78, 5) is 0. The minimum atomic E-state index is -3.26. The van der Waals surface area contributed by atoms with Crippen LogP contribution in [0.2, 0.25) is 0 Å². The van der Waals surface area contributed by atoms with Crippen LogP contribution < -0.4 is 0 Å². The van der Waals surface area contributed by atoms with Gasteiger partial charge in [0.2, 0.25) is 10.0 Å². The molecule has 78 valence electrons. The van der Waals surface area contributed by atoms with E-state index in [0.29, 0.717) is 26.3 Å². The van der Waals surface area contributed by atoms with Gasteiger partial charge in [0, 0.05) is 13.1 Å². The Labute approximate surface area is 83.9 Å². The van der Waals surface area contributed by atoms with Crippen molar-refractivity contribution < 1.29 is 13.2 Å². The van der Waals surface area contributed by atoms with Crippen LogP contribution in [0, 0.1) is 5.92 Å². The average Bonchev–Trinajstić information content (AvgIpc) is 2.30. The molecule has 0 bridgehead atoms. The van der Waals surface area contributed by atoms with Crippen LogP contribution in [0.5, 0.6) is 0 Å². The van der Waals surface area contributed by atoms with Crippen LogP contribution in [-0.4, -0.2) is 44.2 Å². The number of rotatable bonds is 2. The average molecular weight is 228 g/mol. The summed E-state index contributed by atoms with van der Waals surface area (Å²) in [5.41, 5.74) is 0. The highest BCUT2D eigenvalue weighted by molar-refractivity contribution is 7.90. The molecule has 0 saturated carbocycles. The van der Waals surface area contributed by atoms with Gasteiger partial charge in [0.05, 0.1) is 13.2 Å². The lowest BCUT2D eigenvalue weighted by Crippen LogP contribution is -2.35. The highest BCUT2D eigenvalue weighted by Crippen LogP contribution is 2.11. The molecule has 0 amide bonds. The van der Waals surface area contributed by atoms with Gasteiger partial charge in [-0.3, -0.25) is 0 Å². The lowest BCUT2D eigenvalue weighted by atomic mass is 10.2. The second-order valence-electron chi connectivity index (χ2n) is 3.26. The highest BCUT2D eigenvalue weighted by Gasteiger charge is 2.24. The van der Waals surface area contributed by atoms with E-state index in [-0.39, 0.29) is 11.1 Å². The van der Waals surface area contributed by atoms with Crippen LogP contribution in [0.15, 0.2) is 0 Å². The predicted molar refractivity (Wildman–Crippen MR) is 51.2 cm³/mol. The molecular formula is C7H14ClNO3S. The first-order valence-electron chi connectivity index (χ1n) is 4.18. The lowest BCUT2D eigenvalue weighted by Gasteiger charge is -2.19. The van der Waals surface area contributed by atoms with E-state index in [1.807, 2.05) is 6.92 Å². The molecule has 0 aromatic carbocycles. The van der Waals surface area contributed by atoms with Gasteiger partial charge in [-0.1, -0.05) is 6.92 Å². The fraction of sp³-hybridized carbons (Fsp3) is 1.00. The van der Waals surface area contributed by atoms with Gasteiger partial charge >= 0.3 is 0 Å². The van der Waals surface area contributed by atoms with Crippen molar-refractivity contribution in [3.63, 3.8) is 0 Å². The van der Waals surface area contributed by atoms with E-state index in [0.717, 1.165) is 0 Å². The Balaban J connectivity index is 2.68. The van der Waals surface area contributed by atoms with E-state index in [1.165, 1.54) is 4.31 Å². The summed E-state index contributed by atoms with van der Waals surface area (Å²) in [6.45, 7) is 3.96. The SMILES string of the molecule is CC1COCCN(S(=O)(=O)CCl)C1. The molecule has 1 aliphatic heterocycles. The fourth-order valence-corrected chi connectivity index (χ4v) is 2.65. The Morgan fingerprint density at radius 3 is 2.92 bits per heavy atom. The Kier molecular flexibility index (Phi) is 3.97. The van der Waals surface area contributed by atoms with E-state index < -0.39 is 10.0 Å². The van der Waals surface area contributed by atoms with Crippen molar-refractivity contribution in [3.8, 4) is 0 Å². The molecule has 0 radical (unpaired) electrons. The standard InChI is InChI=1S/C7H14ClNO3S/c1-7-4-9(2-3-12-5-7)13(10,11)6-8/h7H,2-6H2,1H3. The summed E-state index contributed by atoms with van der Waals surface area (Å²) in [5.74, 6) is 0.237.